The van der Waals surface area contributed by atoms with Crippen LogP contribution >= 0.6 is 11.6 Å². The number of benzene rings is 2. The first kappa shape index (κ1) is 17.6. The molecule has 1 aromatic heterocycles. The standard InChI is InChI=1S/C17H11ClFN3O4/c18-13-8-11(2-4-14(13)19)20-16(23)9-21-15-5-3-12(22(25)26)7-10(15)1-6-17(21)24/h1-8H,9H2,(H,20,23). The molecular formula is C17H11ClFN3O4. The fourth-order valence-electron chi connectivity index (χ4n) is 2.49. The number of nitrogens with zero attached hydrogens (tertiary/aromatic N) is 2. The molecule has 0 unspecified atom stereocenters. The molecule has 0 bridgehead atoms. The normalized spacial score (nSPS) is 10.7. The van der Waals surface area contributed by atoms with E-state index in [1.165, 1.54) is 47.0 Å². The molecule has 0 aliphatic heterocycles. The van der Waals surface area contributed by atoms with Gasteiger partial charge in [-0.1, -0.05) is 11.6 Å². The van der Waals surface area contributed by atoms with E-state index in [4.69, 9.17) is 11.6 Å². The zero-order chi connectivity index (χ0) is 18.8. The van der Waals surface area contributed by atoms with Crippen molar-refractivity contribution in [2.75, 3.05) is 5.32 Å². The number of carbonyl (C=O) groups excluding carboxylic acids is 1. The second-order valence-corrected chi connectivity index (χ2v) is 5.84. The van der Waals surface area contributed by atoms with E-state index in [1.807, 2.05) is 0 Å². The number of amides is 1. The lowest BCUT2D eigenvalue weighted by molar-refractivity contribution is -0.384. The van der Waals surface area contributed by atoms with Crippen LogP contribution in [0.5, 0.6) is 0 Å². The van der Waals surface area contributed by atoms with Crippen LogP contribution in [-0.2, 0) is 11.3 Å². The molecule has 9 heteroatoms. The molecule has 0 saturated heterocycles. The minimum Gasteiger partial charge on any atom is -0.324 e. The maximum atomic E-state index is 13.2. The van der Waals surface area contributed by atoms with Crippen molar-refractivity contribution in [1.29, 1.82) is 0 Å². The van der Waals surface area contributed by atoms with Crippen LogP contribution in [0.3, 0.4) is 0 Å². The van der Waals surface area contributed by atoms with Gasteiger partial charge in [0.15, 0.2) is 0 Å². The van der Waals surface area contributed by atoms with E-state index < -0.39 is 22.2 Å². The molecule has 132 valence electrons. The van der Waals surface area contributed by atoms with Crippen LogP contribution in [-0.4, -0.2) is 15.4 Å². The Morgan fingerprint density at radius 3 is 2.65 bits per heavy atom. The SMILES string of the molecule is O=C(Cn1c(=O)ccc2cc([N+](=O)[O-])ccc21)Nc1ccc(F)c(Cl)c1. The molecule has 0 saturated carbocycles. The third kappa shape index (κ3) is 3.55. The molecule has 1 amide bonds. The van der Waals surface area contributed by atoms with Crippen molar-refractivity contribution < 1.29 is 14.1 Å². The van der Waals surface area contributed by atoms with Gasteiger partial charge in [-0.3, -0.25) is 24.3 Å². The number of nitrogens with one attached hydrogen (secondary N) is 1. The molecule has 0 fully saturated rings. The molecule has 7 nitrogen and oxygen atoms in total. The first-order valence-corrected chi connectivity index (χ1v) is 7.76. The Kier molecular flexibility index (Phi) is 4.68. The van der Waals surface area contributed by atoms with E-state index in [0.29, 0.717) is 10.9 Å². The van der Waals surface area contributed by atoms with Gasteiger partial charge in [0, 0.05) is 29.3 Å². The van der Waals surface area contributed by atoms with Crippen molar-refractivity contribution in [3.05, 3.63) is 79.8 Å². The van der Waals surface area contributed by atoms with Gasteiger partial charge in [0.05, 0.1) is 15.5 Å². The first-order chi connectivity index (χ1) is 12.3. The number of pyridine rings is 1. The summed E-state index contributed by atoms with van der Waals surface area (Å²) >= 11 is 5.66. The molecule has 3 rings (SSSR count). The van der Waals surface area contributed by atoms with E-state index >= 15 is 0 Å². The number of rotatable bonds is 4. The summed E-state index contributed by atoms with van der Waals surface area (Å²) in [5.74, 6) is -1.14. The Hall–Kier alpha value is -3.26. The topological polar surface area (TPSA) is 94.2 Å². The summed E-state index contributed by atoms with van der Waals surface area (Å²) in [6, 6.07) is 10.4. The van der Waals surface area contributed by atoms with Gasteiger partial charge in [0.2, 0.25) is 5.91 Å². The van der Waals surface area contributed by atoms with E-state index in [1.54, 1.807) is 0 Å². The van der Waals surface area contributed by atoms with Gasteiger partial charge in [0.25, 0.3) is 11.2 Å². The smallest absolute Gasteiger partial charge is 0.270 e. The Morgan fingerprint density at radius 2 is 1.96 bits per heavy atom. The van der Waals surface area contributed by atoms with Crippen molar-refractivity contribution in [3.63, 3.8) is 0 Å². The second-order valence-electron chi connectivity index (χ2n) is 5.44. The highest BCUT2D eigenvalue weighted by molar-refractivity contribution is 6.31. The van der Waals surface area contributed by atoms with Crippen LogP contribution in [0.15, 0.2) is 53.3 Å². The number of anilines is 1. The summed E-state index contributed by atoms with van der Waals surface area (Å²) in [6.07, 6.45) is 0. The number of hydrogen-bond acceptors (Lipinski definition) is 4. The van der Waals surface area contributed by atoms with Gasteiger partial charge < -0.3 is 5.32 Å². The Balaban J connectivity index is 1.90. The first-order valence-electron chi connectivity index (χ1n) is 7.38. The van der Waals surface area contributed by atoms with Gasteiger partial charge in [-0.2, -0.15) is 0 Å². The molecule has 0 radical (unpaired) electrons. The number of carbonyl (C=O) groups is 1. The van der Waals surface area contributed by atoms with Gasteiger partial charge in [-0.05, 0) is 30.3 Å². The fraction of sp³-hybridized carbons (Fsp3) is 0.0588. The van der Waals surface area contributed by atoms with Crippen LogP contribution in [0.2, 0.25) is 5.02 Å². The molecule has 3 aromatic rings. The Labute approximate surface area is 150 Å². The maximum absolute atomic E-state index is 13.2. The third-order valence-corrected chi connectivity index (χ3v) is 3.98. The number of halogens is 2. The Bertz CT molecular complexity index is 1100. The highest BCUT2D eigenvalue weighted by Gasteiger charge is 2.12. The van der Waals surface area contributed by atoms with Crippen LogP contribution in [0.4, 0.5) is 15.8 Å². The predicted octanol–water partition coefficient (Wildman–Crippen LogP) is 3.34. The summed E-state index contributed by atoms with van der Waals surface area (Å²) in [6.45, 7) is -0.316. The summed E-state index contributed by atoms with van der Waals surface area (Å²) < 4.78 is 14.4. The lowest BCUT2D eigenvalue weighted by atomic mass is 10.2. The second kappa shape index (κ2) is 6.93. The van der Waals surface area contributed by atoms with E-state index in [-0.39, 0.29) is 22.9 Å². The average molecular weight is 376 g/mol. The fourth-order valence-corrected chi connectivity index (χ4v) is 2.67. The molecule has 0 atom stereocenters. The third-order valence-electron chi connectivity index (χ3n) is 3.69. The number of hydrogen-bond donors (Lipinski definition) is 1. The average Bonchev–Trinajstić information content (AvgIpc) is 2.60. The maximum Gasteiger partial charge on any atom is 0.270 e. The van der Waals surface area contributed by atoms with Crippen molar-refractivity contribution in [1.82, 2.24) is 4.57 Å². The van der Waals surface area contributed by atoms with Crippen molar-refractivity contribution in [2.24, 2.45) is 0 Å². The lowest BCUT2D eigenvalue weighted by Crippen LogP contribution is -2.27. The van der Waals surface area contributed by atoms with E-state index in [9.17, 15) is 24.1 Å². The lowest BCUT2D eigenvalue weighted by Gasteiger charge is -2.11. The van der Waals surface area contributed by atoms with Gasteiger partial charge in [-0.25, -0.2) is 4.39 Å². The summed E-state index contributed by atoms with van der Waals surface area (Å²) in [5.41, 5.74) is 0.118. The van der Waals surface area contributed by atoms with Crippen LogP contribution in [0.1, 0.15) is 0 Å². The highest BCUT2D eigenvalue weighted by Crippen LogP contribution is 2.21. The molecule has 1 N–H and O–H groups in total. The van der Waals surface area contributed by atoms with Crippen LogP contribution in [0.25, 0.3) is 10.9 Å². The van der Waals surface area contributed by atoms with Crippen molar-refractivity contribution in [3.8, 4) is 0 Å². The minimum absolute atomic E-state index is 0.117. The zero-order valence-corrected chi connectivity index (χ0v) is 13.9. The predicted molar refractivity (Wildman–Crippen MR) is 94.9 cm³/mol. The molecule has 2 aromatic carbocycles. The number of nitro groups is 1. The quantitative estimate of drug-likeness (QED) is 0.559. The molecule has 0 spiro atoms. The summed E-state index contributed by atoms with van der Waals surface area (Å²) in [5, 5.41) is 13.7. The Morgan fingerprint density at radius 1 is 1.19 bits per heavy atom. The summed E-state index contributed by atoms with van der Waals surface area (Å²) in [7, 11) is 0. The number of aromatic nitrogens is 1. The molecular weight excluding hydrogens is 365 g/mol. The molecule has 1 heterocycles. The molecule has 26 heavy (non-hydrogen) atoms. The van der Waals surface area contributed by atoms with E-state index in [0.717, 1.165) is 6.07 Å². The van der Waals surface area contributed by atoms with E-state index in [2.05, 4.69) is 5.32 Å². The molecule has 0 aliphatic rings. The highest BCUT2D eigenvalue weighted by atomic mass is 35.5. The van der Waals surface area contributed by atoms with Gasteiger partial charge in [0.1, 0.15) is 12.4 Å². The van der Waals surface area contributed by atoms with Gasteiger partial charge >= 0.3 is 0 Å². The van der Waals surface area contributed by atoms with Crippen LogP contribution in [0, 0.1) is 15.9 Å². The van der Waals surface area contributed by atoms with Crippen LogP contribution < -0.4 is 10.9 Å². The number of non-ortho nitro benzene ring substituents is 1. The minimum atomic E-state index is -0.614. The monoisotopic (exact) mass is 375 g/mol. The number of fused-ring (bicyclic) bond motifs is 1. The van der Waals surface area contributed by atoms with Crippen molar-refractivity contribution in [2.45, 2.75) is 6.54 Å². The largest absolute Gasteiger partial charge is 0.324 e. The summed E-state index contributed by atoms with van der Waals surface area (Å²) in [4.78, 5) is 34.7. The van der Waals surface area contributed by atoms with Gasteiger partial charge in [-0.15, -0.1) is 0 Å². The van der Waals surface area contributed by atoms with Crippen molar-refractivity contribution >= 4 is 39.8 Å². The zero-order valence-electron chi connectivity index (χ0n) is 13.1. The molecule has 0 aliphatic carbocycles. The number of nitro benzene ring substituents is 1.